The number of aromatic nitrogens is 2. The standard InChI is InChI=1S/C26H22N4O4/c31-24(28-21-8-9-21)19-6-2-5-18(12-19)17-4-1-3-16(11-17)14-30-15-27-23-10-7-20(25(32)29-34)13-22(23)26(30)33/h1-7,10-13,15,21,34H,8-9,14H2,(H,28,31)(H,29,32). The molecule has 0 atom stereocenters. The maximum atomic E-state index is 13.0. The van der Waals surface area contributed by atoms with Crippen molar-refractivity contribution < 1.29 is 14.8 Å². The number of fused-ring (bicyclic) bond motifs is 1. The van der Waals surface area contributed by atoms with Gasteiger partial charge in [-0.25, -0.2) is 10.5 Å². The molecule has 170 valence electrons. The summed E-state index contributed by atoms with van der Waals surface area (Å²) in [5, 5.41) is 12.2. The maximum Gasteiger partial charge on any atom is 0.274 e. The van der Waals surface area contributed by atoms with Crippen molar-refractivity contribution in [2.24, 2.45) is 0 Å². The number of carbonyl (C=O) groups excluding carboxylic acids is 2. The van der Waals surface area contributed by atoms with E-state index >= 15 is 0 Å². The predicted molar refractivity (Wildman–Crippen MR) is 127 cm³/mol. The predicted octanol–water partition coefficient (Wildman–Crippen LogP) is 3.12. The van der Waals surface area contributed by atoms with E-state index in [-0.39, 0.29) is 29.0 Å². The fourth-order valence-electron chi connectivity index (χ4n) is 3.86. The lowest BCUT2D eigenvalue weighted by Gasteiger charge is -2.10. The van der Waals surface area contributed by atoms with Crippen molar-refractivity contribution in [3.63, 3.8) is 0 Å². The van der Waals surface area contributed by atoms with Gasteiger partial charge in [0.25, 0.3) is 17.4 Å². The first kappa shape index (κ1) is 21.5. The number of nitrogens with zero attached hydrogens (tertiary/aromatic N) is 2. The van der Waals surface area contributed by atoms with E-state index in [0.29, 0.717) is 17.1 Å². The Morgan fingerprint density at radius 1 is 0.941 bits per heavy atom. The summed E-state index contributed by atoms with van der Waals surface area (Å²) >= 11 is 0. The van der Waals surface area contributed by atoms with Crippen LogP contribution in [0.1, 0.15) is 39.1 Å². The SMILES string of the molecule is O=C(NO)c1ccc2ncn(Cc3cccc(-c4cccc(C(=O)NC5CC5)c4)c3)c(=O)c2c1. The first-order valence-electron chi connectivity index (χ1n) is 11.0. The molecule has 5 rings (SSSR count). The van der Waals surface area contributed by atoms with Crippen molar-refractivity contribution >= 4 is 22.7 Å². The number of amides is 2. The Kier molecular flexibility index (Phi) is 5.65. The molecule has 4 aromatic rings. The summed E-state index contributed by atoms with van der Waals surface area (Å²) in [6.07, 6.45) is 3.55. The fourth-order valence-corrected chi connectivity index (χ4v) is 3.86. The number of benzene rings is 3. The first-order chi connectivity index (χ1) is 16.5. The third kappa shape index (κ3) is 4.44. The highest BCUT2D eigenvalue weighted by atomic mass is 16.5. The molecular formula is C26H22N4O4. The highest BCUT2D eigenvalue weighted by molar-refractivity contribution is 5.97. The van der Waals surface area contributed by atoms with Crippen LogP contribution in [0.2, 0.25) is 0 Å². The second kappa shape index (κ2) is 8.92. The number of hydroxylamine groups is 1. The van der Waals surface area contributed by atoms with Gasteiger partial charge in [-0.05, 0) is 65.9 Å². The van der Waals surface area contributed by atoms with Gasteiger partial charge in [0.05, 0.1) is 23.8 Å². The van der Waals surface area contributed by atoms with Crippen LogP contribution in [0, 0.1) is 0 Å². The largest absolute Gasteiger partial charge is 0.349 e. The van der Waals surface area contributed by atoms with Crippen molar-refractivity contribution in [1.29, 1.82) is 0 Å². The van der Waals surface area contributed by atoms with E-state index in [1.54, 1.807) is 17.6 Å². The summed E-state index contributed by atoms with van der Waals surface area (Å²) in [7, 11) is 0. The van der Waals surface area contributed by atoms with E-state index < -0.39 is 5.91 Å². The van der Waals surface area contributed by atoms with E-state index in [4.69, 9.17) is 5.21 Å². The lowest BCUT2D eigenvalue weighted by Crippen LogP contribution is -2.25. The van der Waals surface area contributed by atoms with Crippen LogP contribution in [-0.2, 0) is 6.54 Å². The molecule has 0 aliphatic heterocycles. The highest BCUT2D eigenvalue weighted by Gasteiger charge is 2.23. The van der Waals surface area contributed by atoms with Crippen molar-refractivity contribution in [3.8, 4) is 11.1 Å². The van der Waals surface area contributed by atoms with Gasteiger partial charge >= 0.3 is 0 Å². The molecule has 0 spiro atoms. The van der Waals surface area contributed by atoms with E-state index in [1.807, 2.05) is 42.5 Å². The summed E-state index contributed by atoms with van der Waals surface area (Å²) in [6, 6.07) is 20.0. The van der Waals surface area contributed by atoms with Gasteiger partial charge in [0.1, 0.15) is 0 Å². The molecule has 8 nitrogen and oxygen atoms in total. The minimum absolute atomic E-state index is 0.0662. The van der Waals surface area contributed by atoms with Crippen molar-refractivity contribution in [1.82, 2.24) is 20.3 Å². The molecule has 1 aliphatic carbocycles. The van der Waals surface area contributed by atoms with Crippen LogP contribution >= 0.6 is 0 Å². The average Bonchev–Trinajstić information content (AvgIpc) is 3.69. The van der Waals surface area contributed by atoms with Gasteiger partial charge in [-0.2, -0.15) is 0 Å². The zero-order chi connectivity index (χ0) is 23.7. The molecule has 0 saturated heterocycles. The van der Waals surface area contributed by atoms with Crippen molar-refractivity contribution in [2.45, 2.75) is 25.4 Å². The second-order valence-corrected chi connectivity index (χ2v) is 8.38. The van der Waals surface area contributed by atoms with E-state index in [1.165, 1.54) is 23.0 Å². The number of carbonyl (C=O) groups is 2. The number of hydrogen-bond acceptors (Lipinski definition) is 5. The van der Waals surface area contributed by atoms with E-state index in [2.05, 4.69) is 10.3 Å². The Balaban J connectivity index is 1.43. The molecular weight excluding hydrogens is 432 g/mol. The van der Waals surface area contributed by atoms with Gasteiger partial charge in [-0.1, -0.05) is 30.3 Å². The molecule has 1 fully saturated rings. The summed E-state index contributed by atoms with van der Waals surface area (Å²) in [4.78, 5) is 41.5. The van der Waals surface area contributed by atoms with Crippen molar-refractivity contribution in [3.05, 3.63) is 100 Å². The molecule has 3 N–H and O–H groups in total. The van der Waals surface area contributed by atoms with Gasteiger partial charge in [-0.15, -0.1) is 0 Å². The number of nitrogens with one attached hydrogen (secondary N) is 2. The van der Waals surface area contributed by atoms with Crippen LogP contribution in [0.15, 0.2) is 77.9 Å². The summed E-state index contributed by atoms with van der Waals surface area (Å²) in [5.74, 6) is -0.763. The molecule has 1 aliphatic rings. The Hall–Kier alpha value is -4.30. The average molecular weight is 454 g/mol. The lowest BCUT2D eigenvalue weighted by atomic mass is 10.0. The quantitative estimate of drug-likeness (QED) is 0.306. The smallest absolute Gasteiger partial charge is 0.274 e. The van der Waals surface area contributed by atoms with E-state index in [0.717, 1.165) is 29.5 Å². The number of rotatable bonds is 6. The van der Waals surface area contributed by atoms with Crippen LogP contribution in [0.4, 0.5) is 0 Å². The monoisotopic (exact) mass is 454 g/mol. The molecule has 8 heteroatoms. The van der Waals surface area contributed by atoms with Crippen LogP contribution in [0.3, 0.4) is 0 Å². The van der Waals surface area contributed by atoms with Crippen LogP contribution in [0.5, 0.6) is 0 Å². The summed E-state index contributed by atoms with van der Waals surface area (Å²) in [6.45, 7) is 0.286. The van der Waals surface area contributed by atoms with Gasteiger partial charge in [0.15, 0.2) is 0 Å². The normalized spacial score (nSPS) is 13.0. The van der Waals surface area contributed by atoms with Gasteiger partial charge < -0.3 is 5.32 Å². The van der Waals surface area contributed by atoms with Gasteiger partial charge in [0.2, 0.25) is 0 Å². The Morgan fingerprint density at radius 2 is 1.68 bits per heavy atom. The Morgan fingerprint density at radius 3 is 2.44 bits per heavy atom. The second-order valence-electron chi connectivity index (χ2n) is 8.38. The number of hydrogen-bond donors (Lipinski definition) is 3. The van der Waals surface area contributed by atoms with Crippen molar-refractivity contribution in [2.75, 3.05) is 0 Å². The zero-order valence-corrected chi connectivity index (χ0v) is 18.2. The van der Waals surface area contributed by atoms with Gasteiger partial charge in [0, 0.05) is 17.2 Å². The molecule has 2 amide bonds. The molecule has 0 unspecified atom stereocenters. The molecule has 1 saturated carbocycles. The van der Waals surface area contributed by atoms with Crippen LogP contribution < -0.4 is 16.4 Å². The van der Waals surface area contributed by atoms with Crippen LogP contribution in [0.25, 0.3) is 22.0 Å². The zero-order valence-electron chi connectivity index (χ0n) is 18.2. The molecule has 1 heterocycles. The molecule has 0 bridgehead atoms. The Labute approximate surface area is 194 Å². The van der Waals surface area contributed by atoms with E-state index in [9.17, 15) is 14.4 Å². The Bertz CT molecular complexity index is 1470. The fraction of sp³-hybridized carbons (Fsp3) is 0.154. The molecule has 34 heavy (non-hydrogen) atoms. The maximum absolute atomic E-state index is 13.0. The minimum Gasteiger partial charge on any atom is -0.349 e. The third-order valence-corrected chi connectivity index (χ3v) is 5.84. The molecule has 3 aromatic carbocycles. The summed E-state index contributed by atoms with van der Waals surface area (Å²) < 4.78 is 1.47. The topological polar surface area (TPSA) is 113 Å². The first-order valence-corrected chi connectivity index (χ1v) is 11.0. The third-order valence-electron chi connectivity index (χ3n) is 5.84. The van der Waals surface area contributed by atoms with Crippen LogP contribution in [-0.4, -0.2) is 32.6 Å². The van der Waals surface area contributed by atoms with Gasteiger partial charge in [-0.3, -0.25) is 24.2 Å². The summed E-state index contributed by atoms with van der Waals surface area (Å²) in [5.41, 5.74) is 5.26. The highest BCUT2D eigenvalue weighted by Crippen LogP contribution is 2.24. The molecule has 1 aromatic heterocycles. The minimum atomic E-state index is -0.697. The lowest BCUT2D eigenvalue weighted by molar-refractivity contribution is 0.0706. The molecule has 0 radical (unpaired) electrons.